The lowest BCUT2D eigenvalue weighted by atomic mass is 9.29. The van der Waals surface area contributed by atoms with Crippen LogP contribution in [0.2, 0.25) is 0 Å². The molecular formula is C74H70B3N3O3S2. The fourth-order valence-electron chi connectivity index (χ4n) is 24.6. The first-order valence-electron chi connectivity index (χ1n) is 33.3. The second kappa shape index (κ2) is 16.5. The Balaban J connectivity index is 0.759. The summed E-state index contributed by atoms with van der Waals surface area (Å²) in [4.78, 5) is 0. The van der Waals surface area contributed by atoms with E-state index in [1.54, 1.807) is 5.56 Å². The number of hydrogen-bond donors (Lipinski definition) is 1. The van der Waals surface area contributed by atoms with Crippen molar-refractivity contribution >= 4 is 127 Å². The summed E-state index contributed by atoms with van der Waals surface area (Å²) < 4.78 is 27.3. The third kappa shape index (κ3) is 6.37. The summed E-state index contributed by atoms with van der Waals surface area (Å²) in [5, 5.41) is 4.26. The van der Waals surface area contributed by atoms with Crippen molar-refractivity contribution in [3.8, 4) is 34.5 Å². The van der Waals surface area contributed by atoms with Gasteiger partial charge in [-0.15, -0.1) is 0 Å². The van der Waals surface area contributed by atoms with Gasteiger partial charge in [0.25, 0.3) is 20.1 Å². The van der Waals surface area contributed by atoms with Crippen molar-refractivity contribution in [3.05, 3.63) is 126 Å². The van der Waals surface area contributed by atoms with Crippen molar-refractivity contribution < 1.29 is 14.2 Å². The number of para-hydroxylation sites is 2. The first-order chi connectivity index (χ1) is 41.7. The van der Waals surface area contributed by atoms with Crippen LogP contribution >= 0.6 is 23.9 Å². The monoisotopic (exact) mass is 1150 g/mol. The Labute approximate surface area is 510 Å². The molecule has 0 radical (unpaired) electrons. The van der Waals surface area contributed by atoms with E-state index < -0.39 is 0 Å². The van der Waals surface area contributed by atoms with Gasteiger partial charge in [-0.3, -0.25) is 8.61 Å². The molecule has 11 heteroatoms. The number of fused-ring (bicyclic) bond motifs is 12. The first-order valence-corrected chi connectivity index (χ1v) is 35.6. The minimum absolute atomic E-state index is 0.0213. The third-order valence-corrected chi connectivity index (χ3v) is 27.9. The molecule has 85 heavy (non-hydrogen) atoms. The number of anilines is 6. The summed E-state index contributed by atoms with van der Waals surface area (Å²) in [5.41, 5.74) is 24.9. The Morgan fingerprint density at radius 2 is 0.741 bits per heavy atom. The second-order valence-electron chi connectivity index (χ2n) is 31.1. The zero-order valence-electron chi connectivity index (χ0n) is 49.0. The highest BCUT2D eigenvalue weighted by Gasteiger charge is 2.57. The van der Waals surface area contributed by atoms with Gasteiger partial charge >= 0.3 is 0 Å². The van der Waals surface area contributed by atoms with Gasteiger partial charge in [-0.25, -0.2) is 0 Å². The molecule has 25 rings (SSSR count). The number of ether oxygens (including phenoxy) is 3. The van der Waals surface area contributed by atoms with Crippen molar-refractivity contribution in [1.29, 1.82) is 0 Å². The molecule has 420 valence electrons. The average Bonchev–Trinajstić information content (AvgIpc) is 1.03. The number of nitrogens with one attached hydrogen (secondary N) is 1. The molecule has 0 atom stereocenters. The van der Waals surface area contributed by atoms with Gasteiger partial charge in [0.2, 0.25) is 0 Å². The van der Waals surface area contributed by atoms with E-state index >= 15 is 0 Å². The minimum Gasteiger partial charge on any atom is -0.458 e. The fourth-order valence-corrected chi connectivity index (χ4v) is 26.1. The molecule has 0 amide bonds. The van der Waals surface area contributed by atoms with Crippen LogP contribution in [-0.2, 0) is 16.2 Å². The molecule has 6 nitrogen and oxygen atoms in total. The van der Waals surface area contributed by atoms with Crippen LogP contribution in [-0.4, -0.2) is 32.6 Å². The maximum atomic E-state index is 7.60. The smallest absolute Gasteiger partial charge is 0.260 e. The molecule has 1 N–H and O–H groups in total. The fraction of sp³-hybridized carbons (Fsp3) is 0.432. The molecule has 12 bridgehead atoms. The summed E-state index contributed by atoms with van der Waals surface area (Å²) in [6.45, 7) is -0.0118. The van der Waals surface area contributed by atoms with E-state index in [1.165, 1.54) is 210 Å². The topological polar surface area (TPSA) is 46.2 Å². The molecule has 6 aliphatic heterocycles. The van der Waals surface area contributed by atoms with Gasteiger partial charge in [0.05, 0.1) is 17.1 Å². The van der Waals surface area contributed by atoms with Crippen LogP contribution in [0.25, 0.3) is 0 Å². The molecule has 12 saturated carbocycles. The molecular weight excluding hydrogens is 1080 g/mol. The Kier molecular flexibility index (Phi) is 9.36. The Hall–Kier alpha value is -5.77. The Bertz CT molecular complexity index is 3870. The highest BCUT2D eigenvalue weighted by Crippen LogP contribution is 2.65. The summed E-state index contributed by atoms with van der Waals surface area (Å²) in [7, 11) is 0. The summed E-state index contributed by atoms with van der Waals surface area (Å²) in [6.07, 6.45) is 29.5. The summed E-state index contributed by atoms with van der Waals surface area (Å²) >= 11 is 3.78. The van der Waals surface area contributed by atoms with E-state index in [4.69, 9.17) is 14.2 Å². The number of nitrogens with zero attached hydrogens (tertiary/aromatic N) is 2. The Morgan fingerprint density at radius 1 is 0.353 bits per heavy atom. The van der Waals surface area contributed by atoms with Gasteiger partial charge in [-0.1, -0.05) is 48.5 Å². The van der Waals surface area contributed by atoms with Crippen LogP contribution in [0.5, 0.6) is 34.5 Å². The van der Waals surface area contributed by atoms with Gasteiger partial charge in [-0.2, -0.15) is 0 Å². The molecule has 18 aliphatic rings. The minimum atomic E-state index is -0.0216. The molecule has 0 aromatic heterocycles. The highest BCUT2D eigenvalue weighted by atomic mass is 32.2. The van der Waals surface area contributed by atoms with E-state index in [0.29, 0.717) is 0 Å². The quantitative estimate of drug-likeness (QED) is 0.135. The zero-order valence-corrected chi connectivity index (χ0v) is 50.6. The molecule has 0 unspecified atom stereocenters. The van der Waals surface area contributed by atoms with Crippen molar-refractivity contribution in [2.45, 2.75) is 132 Å². The highest BCUT2D eigenvalue weighted by molar-refractivity contribution is 8.00. The molecule has 7 aromatic carbocycles. The molecule has 0 spiro atoms. The van der Waals surface area contributed by atoms with E-state index in [2.05, 4.69) is 136 Å². The zero-order chi connectivity index (χ0) is 55.1. The first kappa shape index (κ1) is 48.3. The van der Waals surface area contributed by atoms with Gasteiger partial charge in [0.15, 0.2) is 0 Å². The van der Waals surface area contributed by atoms with E-state index in [9.17, 15) is 0 Å². The Morgan fingerprint density at radius 3 is 1.22 bits per heavy atom. The van der Waals surface area contributed by atoms with E-state index in [1.807, 2.05) is 23.9 Å². The van der Waals surface area contributed by atoms with E-state index in [-0.39, 0.29) is 36.4 Å². The second-order valence-corrected chi connectivity index (χ2v) is 32.5. The lowest BCUT2D eigenvalue weighted by molar-refractivity contribution is -0.00539. The predicted molar refractivity (Wildman–Crippen MR) is 353 cm³/mol. The normalized spacial score (nSPS) is 33.3. The predicted octanol–water partition coefficient (Wildman–Crippen LogP) is 12.5. The van der Waals surface area contributed by atoms with Crippen molar-refractivity contribution in [2.24, 2.45) is 53.3 Å². The number of hydrogen-bond acceptors (Lipinski definition) is 8. The van der Waals surface area contributed by atoms with Crippen LogP contribution in [0.4, 0.5) is 34.1 Å². The van der Waals surface area contributed by atoms with Crippen LogP contribution in [0, 0.1) is 53.3 Å². The summed E-state index contributed by atoms with van der Waals surface area (Å²) in [5.74, 6) is 13.8. The standard InChI is InChI=1S/C74H70B3N3O3S2/c1-84-79-59-28-57-53(75-51-7-3-5-9-63(51)81-66-23-48(20-58(78-57)69(66)75)72-30-39-11-40(31-72)13-41(12-39)32-72)26-54(59)77-55-27-56-65(29-60(55)80(85-2)62-22-49(21-61(79)70(62)77)73-33-42-14-43(34-73)16-44(15-42)35-73)83-68-25-50(74-36-45-17-46(37-74)19-47(18-45)38-74)24-67-71(68)76(56)52-8-4-6-10-64(52)82-67/h3-10,20-29,39-47,78H,11-19,30-38H2,1-2H3. The molecule has 12 aliphatic carbocycles. The van der Waals surface area contributed by atoms with Gasteiger partial charge < -0.3 is 19.5 Å². The largest absolute Gasteiger partial charge is 0.458 e. The van der Waals surface area contributed by atoms with Gasteiger partial charge in [-0.05, 0) is 324 Å². The molecule has 7 aromatic rings. The lowest BCUT2D eigenvalue weighted by Crippen LogP contribution is -2.65. The molecule has 6 heterocycles. The van der Waals surface area contributed by atoms with Gasteiger partial charge in [0, 0.05) is 41.1 Å². The number of rotatable bonds is 5. The van der Waals surface area contributed by atoms with E-state index in [0.717, 1.165) is 87.8 Å². The van der Waals surface area contributed by atoms with Crippen LogP contribution in [0.3, 0.4) is 0 Å². The summed E-state index contributed by atoms with van der Waals surface area (Å²) in [6, 6.07) is 44.0. The SMILES string of the molecule is CSN1c2cc3c(cc2B2c4cc5c(cc4N(SC)c4cc(C67CC8CC(CC(C8)C6)C7)cc1c42)Oc1cc(C24CC6CC(CC(C6)C2)C4)cc2c1B5c1ccccc1O2)B1c2ccccc2Oc2cc(C45CC6CC(CC(C6)C4)C5)cc(c21)N3. The van der Waals surface area contributed by atoms with Crippen molar-refractivity contribution in [1.82, 2.24) is 0 Å². The van der Waals surface area contributed by atoms with Crippen LogP contribution in [0.1, 0.15) is 132 Å². The van der Waals surface area contributed by atoms with Crippen molar-refractivity contribution in [3.63, 3.8) is 0 Å². The number of benzene rings is 7. The molecule has 12 fully saturated rings. The maximum Gasteiger partial charge on any atom is 0.260 e. The molecule has 0 saturated heterocycles. The van der Waals surface area contributed by atoms with Crippen molar-refractivity contribution in [2.75, 3.05) is 26.4 Å². The van der Waals surface area contributed by atoms with Gasteiger partial charge in [0.1, 0.15) is 34.5 Å². The maximum absolute atomic E-state index is 7.60. The lowest BCUT2D eigenvalue weighted by Gasteiger charge is -2.57. The van der Waals surface area contributed by atoms with Crippen LogP contribution in [0.15, 0.2) is 109 Å². The third-order valence-electron chi connectivity index (χ3n) is 26.4. The average molecular weight is 1150 g/mol. The van der Waals surface area contributed by atoms with Crippen LogP contribution < -0.4 is 77.3 Å².